The number of hydrogen-bond donors (Lipinski definition) is 1. The van der Waals surface area contributed by atoms with Gasteiger partial charge in [0.1, 0.15) is 5.82 Å². The van der Waals surface area contributed by atoms with E-state index in [9.17, 15) is 4.79 Å². The maximum atomic E-state index is 11.1. The van der Waals surface area contributed by atoms with E-state index in [1.54, 1.807) is 18.3 Å². The smallest absolute Gasteiger partial charge is 0.335 e. The summed E-state index contributed by atoms with van der Waals surface area (Å²) in [5.74, 6) is 0.101. The van der Waals surface area contributed by atoms with Crippen molar-refractivity contribution in [1.29, 1.82) is 0 Å². The molecule has 1 heterocycles. The zero-order valence-electron chi connectivity index (χ0n) is 11.3. The second-order valence-corrected chi connectivity index (χ2v) is 4.61. The zero-order chi connectivity index (χ0) is 13.8. The van der Waals surface area contributed by atoms with Gasteiger partial charge in [0.25, 0.3) is 0 Å². The molecule has 0 saturated carbocycles. The number of carboxylic acid groups (broad SMARTS) is 1. The second kappa shape index (κ2) is 5.69. The van der Waals surface area contributed by atoms with Crippen molar-refractivity contribution in [3.63, 3.8) is 0 Å². The SMILES string of the molecule is CCCn1ccnc1Cc1cccc(C(=O)O)c1C. The summed E-state index contributed by atoms with van der Waals surface area (Å²) < 4.78 is 2.12. The van der Waals surface area contributed by atoms with Crippen molar-refractivity contribution in [1.82, 2.24) is 9.55 Å². The lowest BCUT2D eigenvalue weighted by Crippen LogP contribution is -2.07. The van der Waals surface area contributed by atoms with Crippen LogP contribution in [-0.2, 0) is 13.0 Å². The van der Waals surface area contributed by atoms with Gasteiger partial charge in [-0.15, -0.1) is 0 Å². The summed E-state index contributed by atoms with van der Waals surface area (Å²) in [5.41, 5.74) is 2.20. The summed E-state index contributed by atoms with van der Waals surface area (Å²) in [6, 6.07) is 5.39. The van der Waals surface area contributed by atoms with Crippen LogP contribution < -0.4 is 0 Å². The Hall–Kier alpha value is -2.10. The molecule has 0 aliphatic rings. The van der Waals surface area contributed by atoms with Crippen molar-refractivity contribution >= 4 is 5.97 Å². The summed E-state index contributed by atoms with van der Waals surface area (Å²) in [6.45, 7) is 4.92. The van der Waals surface area contributed by atoms with Crippen LogP contribution in [-0.4, -0.2) is 20.6 Å². The first-order chi connectivity index (χ1) is 9.13. The third-order valence-electron chi connectivity index (χ3n) is 3.29. The maximum Gasteiger partial charge on any atom is 0.335 e. The highest BCUT2D eigenvalue weighted by atomic mass is 16.4. The minimum Gasteiger partial charge on any atom is -0.478 e. The van der Waals surface area contributed by atoms with Crippen molar-refractivity contribution in [3.8, 4) is 0 Å². The molecule has 1 aromatic heterocycles. The molecule has 0 amide bonds. The summed E-state index contributed by atoms with van der Waals surface area (Å²) >= 11 is 0. The van der Waals surface area contributed by atoms with Crippen molar-refractivity contribution < 1.29 is 9.90 Å². The van der Waals surface area contributed by atoms with Crippen molar-refractivity contribution in [2.75, 3.05) is 0 Å². The van der Waals surface area contributed by atoms with E-state index in [4.69, 9.17) is 5.11 Å². The molecule has 0 atom stereocenters. The maximum absolute atomic E-state index is 11.1. The number of rotatable bonds is 5. The monoisotopic (exact) mass is 258 g/mol. The minimum absolute atomic E-state index is 0.367. The minimum atomic E-state index is -0.878. The van der Waals surface area contributed by atoms with E-state index >= 15 is 0 Å². The number of aromatic nitrogens is 2. The van der Waals surface area contributed by atoms with E-state index in [0.29, 0.717) is 12.0 Å². The van der Waals surface area contributed by atoms with Gasteiger partial charge >= 0.3 is 5.97 Å². The van der Waals surface area contributed by atoms with E-state index in [1.807, 2.05) is 19.2 Å². The molecule has 0 unspecified atom stereocenters. The lowest BCUT2D eigenvalue weighted by atomic mass is 10.00. The highest BCUT2D eigenvalue weighted by Crippen LogP contribution is 2.17. The fourth-order valence-electron chi connectivity index (χ4n) is 2.23. The summed E-state index contributed by atoms with van der Waals surface area (Å²) in [7, 11) is 0. The van der Waals surface area contributed by atoms with Gasteiger partial charge in [-0.2, -0.15) is 0 Å². The first-order valence-electron chi connectivity index (χ1n) is 6.45. The summed E-state index contributed by atoms with van der Waals surface area (Å²) in [4.78, 5) is 15.5. The molecule has 19 heavy (non-hydrogen) atoms. The van der Waals surface area contributed by atoms with Crippen LogP contribution in [0.1, 0.15) is 40.7 Å². The molecule has 0 spiro atoms. The topological polar surface area (TPSA) is 55.1 Å². The molecule has 2 aromatic rings. The van der Waals surface area contributed by atoms with Crippen LogP contribution in [0.25, 0.3) is 0 Å². The van der Waals surface area contributed by atoms with E-state index in [-0.39, 0.29) is 0 Å². The molecule has 0 aliphatic heterocycles. The van der Waals surface area contributed by atoms with Gasteiger partial charge in [0.2, 0.25) is 0 Å². The van der Waals surface area contributed by atoms with Gasteiger partial charge in [-0.25, -0.2) is 9.78 Å². The normalized spacial score (nSPS) is 10.6. The highest BCUT2D eigenvalue weighted by molar-refractivity contribution is 5.89. The van der Waals surface area contributed by atoms with Crippen LogP contribution in [0.5, 0.6) is 0 Å². The third-order valence-corrected chi connectivity index (χ3v) is 3.29. The largest absolute Gasteiger partial charge is 0.478 e. The Kier molecular flexibility index (Phi) is 4.00. The Morgan fingerprint density at radius 2 is 2.21 bits per heavy atom. The van der Waals surface area contributed by atoms with Gasteiger partial charge in [-0.1, -0.05) is 19.1 Å². The lowest BCUT2D eigenvalue weighted by molar-refractivity contribution is 0.0696. The van der Waals surface area contributed by atoms with E-state index in [2.05, 4.69) is 16.5 Å². The third kappa shape index (κ3) is 2.84. The Bertz CT molecular complexity index is 588. The molecule has 100 valence electrons. The van der Waals surface area contributed by atoms with Crippen LogP contribution in [0.2, 0.25) is 0 Å². The summed E-state index contributed by atoms with van der Waals surface area (Å²) in [6.07, 6.45) is 5.48. The Morgan fingerprint density at radius 1 is 1.42 bits per heavy atom. The van der Waals surface area contributed by atoms with Crippen LogP contribution in [0, 0.1) is 6.92 Å². The fourth-order valence-corrected chi connectivity index (χ4v) is 2.23. The number of aryl methyl sites for hydroxylation is 1. The molecule has 1 N–H and O–H groups in total. The average molecular weight is 258 g/mol. The van der Waals surface area contributed by atoms with Gasteiger partial charge in [-0.3, -0.25) is 0 Å². The summed E-state index contributed by atoms with van der Waals surface area (Å²) in [5, 5.41) is 9.13. The van der Waals surface area contributed by atoms with E-state index in [1.165, 1.54) is 0 Å². The Balaban J connectivity index is 2.31. The molecule has 2 rings (SSSR count). The number of carbonyl (C=O) groups is 1. The molecule has 0 aliphatic carbocycles. The van der Waals surface area contributed by atoms with Gasteiger partial charge in [-0.05, 0) is 30.5 Å². The number of carboxylic acids is 1. The van der Waals surface area contributed by atoms with Crippen molar-refractivity contribution in [2.45, 2.75) is 33.2 Å². The number of aromatic carboxylic acids is 1. The predicted octanol–water partition coefficient (Wildman–Crippen LogP) is 2.89. The average Bonchev–Trinajstić information content (AvgIpc) is 2.79. The molecule has 0 bridgehead atoms. The molecule has 0 radical (unpaired) electrons. The molecule has 0 saturated heterocycles. The van der Waals surface area contributed by atoms with E-state index in [0.717, 1.165) is 29.9 Å². The van der Waals surface area contributed by atoms with E-state index < -0.39 is 5.97 Å². The Labute approximate surface area is 112 Å². The number of imidazole rings is 1. The zero-order valence-corrected chi connectivity index (χ0v) is 11.3. The number of nitrogens with zero attached hydrogens (tertiary/aromatic N) is 2. The molecule has 1 aromatic carbocycles. The van der Waals surface area contributed by atoms with Crippen LogP contribution in [0.15, 0.2) is 30.6 Å². The number of hydrogen-bond acceptors (Lipinski definition) is 2. The number of benzene rings is 1. The van der Waals surface area contributed by atoms with Gasteiger partial charge in [0.15, 0.2) is 0 Å². The van der Waals surface area contributed by atoms with Crippen LogP contribution >= 0.6 is 0 Å². The van der Waals surface area contributed by atoms with Gasteiger partial charge in [0, 0.05) is 25.4 Å². The molecule has 4 nitrogen and oxygen atoms in total. The molecule has 4 heteroatoms. The fraction of sp³-hybridized carbons (Fsp3) is 0.333. The second-order valence-electron chi connectivity index (χ2n) is 4.61. The van der Waals surface area contributed by atoms with Crippen molar-refractivity contribution in [3.05, 3.63) is 53.1 Å². The molecule has 0 fully saturated rings. The Morgan fingerprint density at radius 3 is 2.89 bits per heavy atom. The quantitative estimate of drug-likeness (QED) is 0.897. The lowest BCUT2D eigenvalue weighted by Gasteiger charge is -2.10. The van der Waals surface area contributed by atoms with Crippen LogP contribution in [0.3, 0.4) is 0 Å². The predicted molar refractivity (Wildman–Crippen MR) is 73.5 cm³/mol. The highest BCUT2D eigenvalue weighted by Gasteiger charge is 2.12. The first-order valence-corrected chi connectivity index (χ1v) is 6.45. The molecular formula is C15H18N2O2. The van der Waals surface area contributed by atoms with Crippen molar-refractivity contribution in [2.24, 2.45) is 0 Å². The van der Waals surface area contributed by atoms with Gasteiger partial charge in [0.05, 0.1) is 5.56 Å². The molecular weight excluding hydrogens is 240 g/mol. The van der Waals surface area contributed by atoms with Gasteiger partial charge < -0.3 is 9.67 Å². The van der Waals surface area contributed by atoms with Crippen LogP contribution in [0.4, 0.5) is 0 Å². The first kappa shape index (κ1) is 13.3. The standard InChI is InChI=1S/C15H18N2O2/c1-3-8-17-9-7-16-14(17)10-12-5-4-6-13(11(12)2)15(18)19/h4-7,9H,3,8,10H2,1-2H3,(H,18,19).